The lowest BCUT2D eigenvalue weighted by Crippen LogP contribution is -2.11. The van der Waals surface area contributed by atoms with Crippen molar-refractivity contribution in [1.82, 2.24) is 5.32 Å². The third-order valence-corrected chi connectivity index (χ3v) is 2.68. The van der Waals surface area contributed by atoms with E-state index in [2.05, 4.69) is 11.4 Å². The normalized spacial score (nSPS) is 14.7. The van der Waals surface area contributed by atoms with E-state index in [4.69, 9.17) is 16.3 Å². The zero-order chi connectivity index (χ0) is 9.97. The number of hydrogen-bond acceptors (Lipinski definition) is 2. The van der Waals surface area contributed by atoms with Gasteiger partial charge in [-0.2, -0.15) is 0 Å². The second-order valence-corrected chi connectivity index (χ2v) is 3.96. The van der Waals surface area contributed by atoms with E-state index in [0.29, 0.717) is 0 Å². The van der Waals surface area contributed by atoms with E-state index >= 15 is 0 Å². The van der Waals surface area contributed by atoms with Crippen LogP contribution < -0.4 is 10.1 Å². The minimum absolute atomic E-state index is 0.743. The van der Waals surface area contributed by atoms with E-state index < -0.39 is 0 Å². The second-order valence-electron chi connectivity index (χ2n) is 3.55. The highest BCUT2D eigenvalue weighted by Crippen LogP contribution is 2.33. The number of aryl methyl sites for hydroxylation is 1. The van der Waals surface area contributed by atoms with Crippen LogP contribution in [0.4, 0.5) is 0 Å². The summed E-state index contributed by atoms with van der Waals surface area (Å²) in [5, 5.41) is 3.86. The Morgan fingerprint density at radius 3 is 3.14 bits per heavy atom. The summed E-state index contributed by atoms with van der Waals surface area (Å²) in [5.74, 6) is 0.887. The van der Waals surface area contributed by atoms with Gasteiger partial charge in [0.15, 0.2) is 0 Å². The molecule has 0 radical (unpaired) electrons. The Morgan fingerprint density at radius 2 is 2.36 bits per heavy atom. The van der Waals surface area contributed by atoms with Crippen LogP contribution in [0.2, 0.25) is 5.02 Å². The Kier molecular flexibility index (Phi) is 2.94. The third kappa shape index (κ3) is 1.86. The molecular weight excluding hydrogens is 198 g/mol. The first-order valence-electron chi connectivity index (χ1n) is 4.90. The molecule has 0 bridgehead atoms. The van der Waals surface area contributed by atoms with Crippen LogP contribution in [-0.2, 0) is 13.0 Å². The average molecular weight is 212 g/mol. The van der Waals surface area contributed by atoms with Crippen molar-refractivity contribution in [2.24, 2.45) is 0 Å². The fraction of sp³-hybridized carbons (Fsp3) is 0.455. The van der Waals surface area contributed by atoms with Crippen LogP contribution >= 0.6 is 11.6 Å². The van der Waals surface area contributed by atoms with Gasteiger partial charge in [-0.05, 0) is 37.1 Å². The summed E-state index contributed by atoms with van der Waals surface area (Å²) in [6.45, 7) is 1.64. The maximum Gasteiger partial charge on any atom is 0.141 e. The summed E-state index contributed by atoms with van der Waals surface area (Å²) in [5.41, 5.74) is 2.47. The van der Waals surface area contributed by atoms with Gasteiger partial charge in [0.1, 0.15) is 5.75 Å². The van der Waals surface area contributed by atoms with Crippen LogP contribution in [0.25, 0.3) is 0 Å². The number of rotatable bonds is 2. The molecule has 0 aliphatic carbocycles. The van der Waals surface area contributed by atoms with Crippen molar-refractivity contribution in [3.05, 3.63) is 28.3 Å². The van der Waals surface area contributed by atoms with Gasteiger partial charge in [0.05, 0.1) is 11.6 Å². The van der Waals surface area contributed by atoms with Gasteiger partial charge >= 0.3 is 0 Å². The SMILES string of the molecule is CNCc1cc(Cl)c2c(c1)CCCO2. The molecule has 1 aromatic rings. The lowest BCUT2D eigenvalue weighted by molar-refractivity contribution is 0.288. The van der Waals surface area contributed by atoms with Crippen LogP contribution in [0, 0.1) is 0 Å². The van der Waals surface area contributed by atoms with Gasteiger partial charge in [-0.15, -0.1) is 0 Å². The molecule has 1 aromatic carbocycles. The van der Waals surface area contributed by atoms with Crippen LogP contribution in [0.5, 0.6) is 5.75 Å². The molecule has 1 heterocycles. The molecule has 0 fully saturated rings. The van der Waals surface area contributed by atoms with Crippen LogP contribution in [-0.4, -0.2) is 13.7 Å². The quantitative estimate of drug-likeness (QED) is 0.811. The molecule has 1 aliphatic rings. The first kappa shape index (κ1) is 9.81. The van der Waals surface area contributed by atoms with E-state index in [1.807, 2.05) is 13.1 Å². The molecule has 0 unspecified atom stereocenters. The largest absolute Gasteiger partial charge is 0.492 e. The lowest BCUT2D eigenvalue weighted by atomic mass is 10.0. The molecule has 2 nitrogen and oxygen atoms in total. The summed E-state index contributed by atoms with van der Waals surface area (Å²) in [4.78, 5) is 0. The minimum Gasteiger partial charge on any atom is -0.492 e. The van der Waals surface area contributed by atoms with Crippen molar-refractivity contribution in [2.45, 2.75) is 19.4 Å². The monoisotopic (exact) mass is 211 g/mol. The van der Waals surface area contributed by atoms with E-state index in [0.717, 1.165) is 36.8 Å². The molecule has 1 aliphatic heterocycles. The predicted octanol–water partition coefficient (Wildman–Crippen LogP) is 2.38. The van der Waals surface area contributed by atoms with Crippen molar-refractivity contribution in [1.29, 1.82) is 0 Å². The Labute approximate surface area is 89.2 Å². The number of fused-ring (bicyclic) bond motifs is 1. The van der Waals surface area contributed by atoms with Crippen LogP contribution in [0.15, 0.2) is 12.1 Å². The Hall–Kier alpha value is -0.730. The van der Waals surface area contributed by atoms with Gasteiger partial charge in [-0.1, -0.05) is 17.7 Å². The Bertz CT molecular complexity index is 338. The Balaban J connectivity index is 2.36. The van der Waals surface area contributed by atoms with Gasteiger partial charge in [0.2, 0.25) is 0 Å². The van der Waals surface area contributed by atoms with Gasteiger partial charge < -0.3 is 10.1 Å². The fourth-order valence-electron chi connectivity index (χ4n) is 1.80. The fourth-order valence-corrected chi connectivity index (χ4v) is 2.12. The molecule has 0 saturated heterocycles. The number of benzene rings is 1. The van der Waals surface area contributed by atoms with Crippen molar-refractivity contribution in [3.63, 3.8) is 0 Å². The maximum absolute atomic E-state index is 6.13. The van der Waals surface area contributed by atoms with E-state index in [-0.39, 0.29) is 0 Å². The second kappa shape index (κ2) is 4.20. The van der Waals surface area contributed by atoms with Gasteiger partial charge in [-0.3, -0.25) is 0 Å². The van der Waals surface area contributed by atoms with Gasteiger partial charge in [-0.25, -0.2) is 0 Å². The maximum atomic E-state index is 6.13. The number of hydrogen-bond donors (Lipinski definition) is 1. The van der Waals surface area contributed by atoms with Gasteiger partial charge in [0.25, 0.3) is 0 Å². The Morgan fingerprint density at radius 1 is 1.50 bits per heavy atom. The minimum atomic E-state index is 0.743. The molecule has 2 rings (SSSR count). The third-order valence-electron chi connectivity index (χ3n) is 2.40. The molecule has 14 heavy (non-hydrogen) atoms. The molecule has 76 valence electrons. The number of halogens is 1. The average Bonchev–Trinajstić information content (AvgIpc) is 2.18. The highest BCUT2D eigenvalue weighted by molar-refractivity contribution is 6.32. The first-order valence-corrected chi connectivity index (χ1v) is 5.28. The number of nitrogens with one attached hydrogen (secondary N) is 1. The molecule has 0 spiro atoms. The van der Waals surface area contributed by atoms with Crippen LogP contribution in [0.1, 0.15) is 17.5 Å². The predicted molar refractivity (Wildman–Crippen MR) is 58.0 cm³/mol. The summed E-state index contributed by atoms with van der Waals surface area (Å²) < 4.78 is 5.54. The lowest BCUT2D eigenvalue weighted by Gasteiger charge is -2.19. The van der Waals surface area contributed by atoms with Crippen molar-refractivity contribution >= 4 is 11.6 Å². The first-order chi connectivity index (χ1) is 6.81. The zero-order valence-electron chi connectivity index (χ0n) is 8.27. The smallest absolute Gasteiger partial charge is 0.141 e. The molecule has 0 atom stereocenters. The highest BCUT2D eigenvalue weighted by Gasteiger charge is 2.14. The van der Waals surface area contributed by atoms with Crippen LogP contribution in [0.3, 0.4) is 0 Å². The zero-order valence-corrected chi connectivity index (χ0v) is 9.03. The summed E-state index contributed by atoms with van der Waals surface area (Å²) >= 11 is 6.13. The van der Waals surface area contributed by atoms with Gasteiger partial charge in [0, 0.05) is 6.54 Å². The van der Waals surface area contributed by atoms with Crippen molar-refractivity contribution in [2.75, 3.05) is 13.7 Å². The molecule has 0 amide bonds. The highest BCUT2D eigenvalue weighted by atomic mass is 35.5. The van der Waals surface area contributed by atoms with E-state index in [1.54, 1.807) is 0 Å². The standard InChI is InChI=1S/C11H14ClNO/c1-13-7-8-5-9-3-2-4-14-11(9)10(12)6-8/h5-6,13H,2-4,7H2,1H3. The molecule has 0 saturated carbocycles. The summed E-state index contributed by atoms with van der Waals surface area (Å²) in [6, 6.07) is 4.15. The van der Waals surface area contributed by atoms with Crippen molar-refractivity contribution in [3.8, 4) is 5.75 Å². The molecular formula is C11H14ClNO. The topological polar surface area (TPSA) is 21.3 Å². The molecule has 0 aromatic heterocycles. The van der Waals surface area contributed by atoms with Crippen molar-refractivity contribution < 1.29 is 4.74 Å². The number of ether oxygens (including phenoxy) is 1. The van der Waals surface area contributed by atoms with E-state index in [1.165, 1.54) is 11.1 Å². The summed E-state index contributed by atoms with van der Waals surface area (Å²) in [7, 11) is 1.93. The summed E-state index contributed by atoms with van der Waals surface area (Å²) in [6.07, 6.45) is 2.17. The molecule has 1 N–H and O–H groups in total. The van der Waals surface area contributed by atoms with E-state index in [9.17, 15) is 0 Å². The molecule has 3 heteroatoms.